The number of para-hydroxylation sites is 1. The van der Waals surface area contributed by atoms with E-state index < -0.39 is 6.10 Å². The maximum atomic E-state index is 13.4. The Morgan fingerprint density at radius 1 is 1.00 bits per heavy atom. The number of nitrogens with zero attached hydrogens (tertiary/aromatic N) is 3. The van der Waals surface area contributed by atoms with Gasteiger partial charge >= 0.3 is 0 Å². The summed E-state index contributed by atoms with van der Waals surface area (Å²) >= 11 is 0. The number of fused-ring (bicyclic) bond motifs is 1. The van der Waals surface area contributed by atoms with Crippen molar-refractivity contribution in [2.24, 2.45) is 5.92 Å². The number of carbonyl (C=O) groups excluding carboxylic acids is 1. The van der Waals surface area contributed by atoms with Crippen LogP contribution in [0.1, 0.15) is 40.4 Å². The first-order valence-corrected chi connectivity index (χ1v) is 11.1. The molecule has 0 bridgehead atoms. The minimum atomic E-state index is -0.622. The Hall–Kier alpha value is -3.25. The van der Waals surface area contributed by atoms with Gasteiger partial charge in [-0.2, -0.15) is 0 Å². The van der Waals surface area contributed by atoms with Gasteiger partial charge in [0.1, 0.15) is 11.6 Å². The van der Waals surface area contributed by atoms with Crippen LogP contribution in [0.15, 0.2) is 66.9 Å². The Bertz CT molecular complexity index is 1110. The summed E-state index contributed by atoms with van der Waals surface area (Å²) in [6, 6.07) is 17.8. The first-order chi connectivity index (χ1) is 15.6. The van der Waals surface area contributed by atoms with Gasteiger partial charge in [0.05, 0.1) is 11.7 Å². The fourth-order valence-corrected chi connectivity index (χ4v) is 4.87. The summed E-state index contributed by atoms with van der Waals surface area (Å²) in [4.78, 5) is 22.0. The summed E-state index contributed by atoms with van der Waals surface area (Å²) < 4.78 is 13.2. The Morgan fingerprint density at radius 3 is 2.53 bits per heavy atom. The second kappa shape index (κ2) is 8.71. The molecule has 2 aromatic carbocycles. The lowest BCUT2D eigenvalue weighted by molar-refractivity contribution is 0.0924. The summed E-state index contributed by atoms with van der Waals surface area (Å²) in [6.07, 6.45) is 3.52. The molecule has 1 amide bonds. The maximum absolute atomic E-state index is 13.4. The van der Waals surface area contributed by atoms with Gasteiger partial charge in [-0.05, 0) is 66.6 Å². The zero-order valence-corrected chi connectivity index (χ0v) is 17.8. The zero-order chi connectivity index (χ0) is 22.1. The molecule has 6 heteroatoms. The third kappa shape index (κ3) is 3.86. The summed E-state index contributed by atoms with van der Waals surface area (Å²) in [5, 5.41) is 10.8. The smallest absolute Gasteiger partial charge is 0.262 e. The van der Waals surface area contributed by atoms with E-state index in [1.807, 2.05) is 35.2 Å². The van der Waals surface area contributed by atoms with Gasteiger partial charge < -0.3 is 14.9 Å². The lowest BCUT2D eigenvalue weighted by Gasteiger charge is -2.36. The van der Waals surface area contributed by atoms with Crippen LogP contribution in [-0.2, 0) is 6.42 Å². The molecule has 1 saturated heterocycles. The Morgan fingerprint density at radius 2 is 1.75 bits per heavy atom. The molecule has 1 fully saturated rings. The van der Waals surface area contributed by atoms with Crippen LogP contribution in [0.4, 0.5) is 15.9 Å². The number of amides is 1. The highest BCUT2D eigenvalue weighted by atomic mass is 19.1. The Balaban J connectivity index is 1.31. The molecular formula is C26H26FN3O2. The maximum Gasteiger partial charge on any atom is 0.262 e. The van der Waals surface area contributed by atoms with E-state index in [0.29, 0.717) is 31.0 Å². The topological polar surface area (TPSA) is 56.7 Å². The molecule has 0 spiro atoms. The standard InChI is InChI=1S/C26H26FN3O2/c27-21-9-7-19(8-10-21)24(31)20-11-15-29(16-12-20)25-22(5-3-14-28-25)26(32)30-17-13-18-4-1-2-6-23(18)30/h1-10,14,20,24,31H,11-13,15-17H2. The van der Waals surface area contributed by atoms with Gasteiger partial charge in [-0.15, -0.1) is 0 Å². The molecule has 2 aliphatic rings. The van der Waals surface area contributed by atoms with E-state index in [1.54, 1.807) is 18.3 Å². The average Bonchev–Trinajstić information content (AvgIpc) is 3.28. The minimum absolute atomic E-state index is 0.0217. The molecule has 1 atom stereocenters. The SMILES string of the molecule is O=C(c1cccnc1N1CCC(C(O)c2ccc(F)cc2)CC1)N1CCc2ccccc21. The normalized spacial score (nSPS) is 17.3. The average molecular weight is 432 g/mol. The number of piperidine rings is 1. The van der Waals surface area contributed by atoms with Crippen molar-refractivity contribution in [3.8, 4) is 0 Å². The molecule has 3 heterocycles. The van der Waals surface area contributed by atoms with Crippen molar-refractivity contribution < 1.29 is 14.3 Å². The molecule has 3 aromatic rings. The number of benzene rings is 2. The van der Waals surface area contributed by atoms with Gasteiger partial charge in [-0.3, -0.25) is 4.79 Å². The molecule has 2 aliphatic heterocycles. The van der Waals surface area contributed by atoms with Crippen LogP contribution < -0.4 is 9.80 Å². The number of halogens is 1. The molecule has 32 heavy (non-hydrogen) atoms. The molecule has 1 aromatic heterocycles. The number of hydrogen-bond acceptors (Lipinski definition) is 4. The molecule has 1 unspecified atom stereocenters. The summed E-state index contributed by atoms with van der Waals surface area (Å²) in [7, 11) is 0. The number of anilines is 2. The molecule has 1 N–H and O–H groups in total. The van der Waals surface area contributed by atoms with E-state index in [9.17, 15) is 14.3 Å². The summed E-state index contributed by atoms with van der Waals surface area (Å²) in [5.74, 6) is 0.469. The van der Waals surface area contributed by atoms with Gasteiger partial charge in [0.15, 0.2) is 0 Å². The highest BCUT2D eigenvalue weighted by Crippen LogP contribution is 2.34. The van der Waals surface area contributed by atoms with Crippen LogP contribution in [-0.4, -0.2) is 35.6 Å². The van der Waals surface area contributed by atoms with Crippen molar-refractivity contribution >= 4 is 17.4 Å². The quantitative estimate of drug-likeness (QED) is 0.666. The van der Waals surface area contributed by atoms with Crippen molar-refractivity contribution in [1.29, 1.82) is 0 Å². The lowest BCUT2D eigenvalue weighted by atomic mass is 9.87. The fourth-order valence-electron chi connectivity index (χ4n) is 4.87. The van der Waals surface area contributed by atoms with E-state index in [0.717, 1.165) is 30.5 Å². The van der Waals surface area contributed by atoms with E-state index in [4.69, 9.17) is 0 Å². The predicted octanol–water partition coefficient (Wildman–Crippen LogP) is 4.37. The third-order valence-corrected chi connectivity index (χ3v) is 6.65. The van der Waals surface area contributed by atoms with Gasteiger partial charge in [-0.25, -0.2) is 9.37 Å². The van der Waals surface area contributed by atoms with Crippen LogP contribution >= 0.6 is 0 Å². The predicted molar refractivity (Wildman–Crippen MR) is 122 cm³/mol. The second-order valence-electron chi connectivity index (χ2n) is 8.53. The first kappa shape index (κ1) is 20.6. The van der Waals surface area contributed by atoms with Crippen LogP contribution in [0.2, 0.25) is 0 Å². The summed E-state index contributed by atoms with van der Waals surface area (Å²) in [6.45, 7) is 2.09. The first-order valence-electron chi connectivity index (χ1n) is 11.1. The molecule has 0 aliphatic carbocycles. The van der Waals surface area contributed by atoms with Crippen LogP contribution in [0, 0.1) is 11.7 Å². The lowest BCUT2D eigenvalue weighted by Crippen LogP contribution is -2.38. The number of rotatable bonds is 4. The minimum Gasteiger partial charge on any atom is -0.388 e. The number of aromatic nitrogens is 1. The third-order valence-electron chi connectivity index (χ3n) is 6.65. The van der Waals surface area contributed by atoms with Crippen LogP contribution in [0.3, 0.4) is 0 Å². The van der Waals surface area contributed by atoms with Crippen molar-refractivity contribution in [1.82, 2.24) is 4.98 Å². The van der Waals surface area contributed by atoms with Crippen molar-refractivity contribution in [2.45, 2.75) is 25.4 Å². The van der Waals surface area contributed by atoms with E-state index in [1.165, 1.54) is 17.7 Å². The highest BCUT2D eigenvalue weighted by molar-refractivity contribution is 6.10. The van der Waals surface area contributed by atoms with Gasteiger partial charge in [0.2, 0.25) is 0 Å². The van der Waals surface area contributed by atoms with Crippen molar-refractivity contribution in [3.63, 3.8) is 0 Å². The number of aliphatic hydroxyl groups excluding tert-OH is 1. The molecule has 5 rings (SSSR count). The largest absolute Gasteiger partial charge is 0.388 e. The second-order valence-corrected chi connectivity index (χ2v) is 8.53. The van der Waals surface area contributed by atoms with Crippen molar-refractivity contribution in [2.75, 3.05) is 29.4 Å². The van der Waals surface area contributed by atoms with Gasteiger partial charge in [0, 0.05) is 31.5 Å². The Labute approximate surface area is 187 Å². The molecular weight excluding hydrogens is 405 g/mol. The molecule has 0 saturated carbocycles. The molecule has 5 nitrogen and oxygen atoms in total. The van der Waals surface area contributed by atoms with Crippen LogP contribution in [0.25, 0.3) is 0 Å². The van der Waals surface area contributed by atoms with Gasteiger partial charge in [0.25, 0.3) is 5.91 Å². The van der Waals surface area contributed by atoms with Crippen molar-refractivity contribution in [3.05, 3.63) is 89.4 Å². The van der Waals surface area contributed by atoms with E-state index >= 15 is 0 Å². The summed E-state index contributed by atoms with van der Waals surface area (Å²) in [5.41, 5.74) is 3.53. The van der Waals surface area contributed by atoms with Gasteiger partial charge in [-0.1, -0.05) is 30.3 Å². The number of hydrogen-bond donors (Lipinski definition) is 1. The molecule has 164 valence electrons. The van der Waals surface area contributed by atoms with Crippen LogP contribution in [0.5, 0.6) is 0 Å². The fraction of sp³-hybridized carbons (Fsp3) is 0.308. The number of aliphatic hydroxyl groups is 1. The number of carbonyl (C=O) groups is 1. The van der Waals surface area contributed by atoms with E-state index in [2.05, 4.69) is 16.0 Å². The zero-order valence-electron chi connectivity index (χ0n) is 17.8. The van der Waals surface area contributed by atoms with E-state index in [-0.39, 0.29) is 17.6 Å². The number of pyridine rings is 1. The monoisotopic (exact) mass is 431 g/mol. The highest BCUT2D eigenvalue weighted by Gasteiger charge is 2.31. The Kier molecular flexibility index (Phi) is 5.62. The molecule has 0 radical (unpaired) electrons.